The lowest BCUT2D eigenvalue weighted by molar-refractivity contribution is -0.124. The molecular formula is C23H27FN2O4. The van der Waals surface area contributed by atoms with Gasteiger partial charge in [-0.1, -0.05) is 30.3 Å². The van der Waals surface area contributed by atoms with Crippen LogP contribution in [0.15, 0.2) is 48.5 Å². The lowest BCUT2D eigenvalue weighted by Gasteiger charge is -2.24. The van der Waals surface area contributed by atoms with E-state index >= 15 is 0 Å². The van der Waals surface area contributed by atoms with Crippen LogP contribution in [0.2, 0.25) is 0 Å². The van der Waals surface area contributed by atoms with Crippen molar-refractivity contribution >= 4 is 12.0 Å². The van der Waals surface area contributed by atoms with Crippen LogP contribution in [0.4, 0.5) is 9.18 Å². The fraction of sp³-hybridized carbons (Fsp3) is 0.391. The summed E-state index contributed by atoms with van der Waals surface area (Å²) in [6, 6.07) is 13.3. The van der Waals surface area contributed by atoms with Crippen molar-refractivity contribution < 1.29 is 23.5 Å². The minimum absolute atomic E-state index is 0.125. The number of carbonyl (C=O) groups excluding carboxylic acids is 2. The van der Waals surface area contributed by atoms with Crippen LogP contribution in [0, 0.1) is 11.7 Å². The van der Waals surface area contributed by atoms with Gasteiger partial charge in [0.05, 0.1) is 5.92 Å². The Morgan fingerprint density at radius 1 is 1.10 bits per heavy atom. The molecule has 6 nitrogen and oxygen atoms in total. The largest absolute Gasteiger partial charge is 0.454 e. The second-order valence-corrected chi connectivity index (χ2v) is 8.27. The molecule has 1 aliphatic rings. The fourth-order valence-electron chi connectivity index (χ4n) is 3.19. The third kappa shape index (κ3) is 5.72. The molecule has 2 aromatic rings. The monoisotopic (exact) mass is 414 g/mol. The smallest absolute Gasteiger partial charge is 0.410 e. The molecule has 1 N–H and O–H groups in total. The summed E-state index contributed by atoms with van der Waals surface area (Å²) in [6.45, 7) is 6.49. The summed E-state index contributed by atoms with van der Waals surface area (Å²) in [7, 11) is 0. The highest BCUT2D eigenvalue weighted by Gasteiger charge is 2.33. The third-order valence-electron chi connectivity index (χ3n) is 4.69. The van der Waals surface area contributed by atoms with Crippen LogP contribution in [0.25, 0.3) is 0 Å². The Morgan fingerprint density at radius 2 is 1.77 bits per heavy atom. The number of hydrogen-bond acceptors (Lipinski definition) is 4. The molecule has 1 saturated heterocycles. The van der Waals surface area contributed by atoms with Crippen molar-refractivity contribution in [3.63, 3.8) is 0 Å². The lowest BCUT2D eigenvalue weighted by atomic mass is 10.1. The zero-order valence-electron chi connectivity index (χ0n) is 17.5. The molecule has 1 heterocycles. The van der Waals surface area contributed by atoms with E-state index in [2.05, 4.69) is 5.32 Å². The SMILES string of the molecule is CC(C)(C)OC(=O)N1CCC(C(=O)NCc2ccccc2Oc2ccccc2F)C1. The number of hydrogen-bond donors (Lipinski definition) is 1. The number of benzene rings is 2. The predicted octanol–water partition coefficient (Wildman–Crippen LogP) is 4.49. The number of rotatable bonds is 5. The van der Waals surface area contributed by atoms with E-state index < -0.39 is 17.5 Å². The van der Waals surface area contributed by atoms with Crippen molar-refractivity contribution in [2.24, 2.45) is 5.92 Å². The molecule has 3 rings (SSSR count). The molecule has 1 aliphatic heterocycles. The summed E-state index contributed by atoms with van der Waals surface area (Å²) in [4.78, 5) is 26.3. The molecule has 1 fully saturated rings. The van der Waals surface area contributed by atoms with E-state index in [0.717, 1.165) is 5.56 Å². The Kier molecular flexibility index (Phi) is 6.59. The van der Waals surface area contributed by atoms with Gasteiger partial charge < -0.3 is 19.7 Å². The van der Waals surface area contributed by atoms with Gasteiger partial charge in [-0.25, -0.2) is 9.18 Å². The van der Waals surface area contributed by atoms with Gasteiger partial charge in [0, 0.05) is 25.2 Å². The van der Waals surface area contributed by atoms with E-state index in [4.69, 9.17) is 9.47 Å². The zero-order valence-corrected chi connectivity index (χ0v) is 17.5. The molecule has 0 spiro atoms. The maximum absolute atomic E-state index is 13.9. The highest BCUT2D eigenvalue weighted by Crippen LogP contribution is 2.27. The molecule has 0 aliphatic carbocycles. The Bertz CT molecular complexity index is 910. The van der Waals surface area contributed by atoms with Crippen LogP contribution < -0.4 is 10.1 Å². The molecule has 30 heavy (non-hydrogen) atoms. The second kappa shape index (κ2) is 9.15. The maximum Gasteiger partial charge on any atom is 0.410 e. The van der Waals surface area contributed by atoms with Crippen LogP contribution in [-0.4, -0.2) is 35.6 Å². The molecule has 0 saturated carbocycles. The summed E-state index contributed by atoms with van der Waals surface area (Å²) in [5.74, 6) is -0.284. The molecule has 2 aromatic carbocycles. The van der Waals surface area contributed by atoms with Crippen LogP contribution >= 0.6 is 0 Å². The van der Waals surface area contributed by atoms with E-state index in [0.29, 0.717) is 25.3 Å². The van der Waals surface area contributed by atoms with Gasteiger partial charge in [-0.2, -0.15) is 0 Å². The molecule has 2 amide bonds. The summed E-state index contributed by atoms with van der Waals surface area (Å²) >= 11 is 0. The number of amides is 2. The first-order valence-corrected chi connectivity index (χ1v) is 9.99. The van der Waals surface area contributed by atoms with E-state index in [1.165, 1.54) is 6.07 Å². The number of carbonyl (C=O) groups is 2. The van der Waals surface area contributed by atoms with Gasteiger partial charge in [0.2, 0.25) is 5.91 Å². The Balaban J connectivity index is 1.57. The molecule has 1 atom stereocenters. The van der Waals surface area contributed by atoms with Crippen molar-refractivity contribution in [2.45, 2.75) is 39.3 Å². The quantitative estimate of drug-likeness (QED) is 0.783. The van der Waals surface area contributed by atoms with E-state index in [-0.39, 0.29) is 24.1 Å². The van der Waals surface area contributed by atoms with Crippen LogP contribution in [0.3, 0.4) is 0 Å². The number of likely N-dealkylation sites (tertiary alicyclic amines) is 1. The predicted molar refractivity (Wildman–Crippen MR) is 111 cm³/mol. The lowest BCUT2D eigenvalue weighted by Crippen LogP contribution is -2.37. The standard InChI is InChI=1S/C23H27FN2O4/c1-23(2,3)30-22(28)26-13-12-17(15-26)21(27)25-14-16-8-4-6-10-19(16)29-20-11-7-5-9-18(20)24/h4-11,17H,12-15H2,1-3H3,(H,25,27). The normalized spacial score (nSPS) is 16.3. The first-order valence-electron chi connectivity index (χ1n) is 9.99. The summed E-state index contributed by atoms with van der Waals surface area (Å²) in [5, 5.41) is 2.90. The first kappa shape index (κ1) is 21.6. The van der Waals surface area contributed by atoms with Crippen molar-refractivity contribution in [2.75, 3.05) is 13.1 Å². The summed E-state index contributed by atoms with van der Waals surface area (Å²) in [5.41, 5.74) is 0.162. The number of ether oxygens (including phenoxy) is 2. The summed E-state index contributed by atoms with van der Waals surface area (Å²) in [6.07, 6.45) is 0.180. The molecule has 7 heteroatoms. The van der Waals surface area contributed by atoms with Crippen molar-refractivity contribution in [3.8, 4) is 11.5 Å². The van der Waals surface area contributed by atoms with Gasteiger partial charge in [0.15, 0.2) is 11.6 Å². The Morgan fingerprint density at radius 3 is 2.47 bits per heavy atom. The topological polar surface area (TPSA) is 67.9 Å². The molecule has 0 bridgehead atoms. The molecular weight excluding hydrogens is 387 g/mol. The van der Waals surface area contributed by atoms with Gasteiger partial charge in [0.1, 0.15) is 11.4 Å². The average molecular weight is 414 g/mol. The number of halogens is 1. The maximum atomic E-state index is 13.9. The number of nitrogens with one attached hydrogen (secondary N) is 1. The highest BCUT2D eigenvalue weighted by molar-refractivity contribution is 5.80. The first-order chi connectivity index (χ1) is 14.2. The molecule has 1 unspecified atom stereocenters. The van der Waals surface area contributed by atoms with Gasteiger partial charge in [0.25, 0.3) is 0 Å². The molecule has 160 valence electrons. The fourth-order valence-corrected chi connectivity index (χ4v) is 3.19. The van der Waals surface area contributed by atoms with Gasteiger partial charge in [-0.05, 0) is 45.4 Å². The van der Waals surface area contributed by atoms with Gasteiger partial charge >= 0.3 is 6.09 Å². The minimum Gasteiger partial charge on any atom is -0.454 e. The van der Waals surface area contributed by atoms with E-state index in [1.807, 2.05) is 32.9 Å². The summed E-state index contributed by atoms with van der Waals surface area (Å²) < 4.78 is 25.0. The zero-order chi connectivity index (χ0) is 21.7. The van der Waals surface area contributed by atoms with Gasteiger partial charge in [-0.3, -0.25) is 4.79 Å². The van der Waals surface area contributed by atoms with Gasteiger partial charge in [-0.15, -0.1) is 0 Å². The number of para-hydroxylation sites is 2. The van der Waals surface area contributed by atoms with Crippen molar-refractivity contribution in [3.05, 3.63) is 59.9 Å². The van der Waals surface area contributed by atoms with Crippen molar-refractivity contribution in [1.82, 2.24) is 10.2 Å². The third-order valence-corrected chi connectivity index (χ3v) is 4.69. The Labute approximate surface area is 176 Å². The average Bonchev–Trinajstić information content (AvgIpc) is 3.18. The van der Waals surface area contributed by atoms with Crippen LogP contribution in [-0.2, 0) is 16.1 Å². The Hall–Kier alpha value is -3.09. The van der Waals surface area contributed by atoms with E-state index in [1.54, 1.807) is 35.2 Å². The number of nitrogens with zero attached hydrogens (tertiary/aromatic N) is 1. The van der Waals surface area contributed by atoms with Crippen LogP contribution in [0.1, 0.15) is 32.8 Å². The van der Waals surface area contributed by atoms with E-state index in [9.17, 15) is 14.0 Å². The highest BCUT2D eigenvalue weighted by atomic mass is 19.1. The minimum atomic E-state index is -0.570. The second-order valence-electron chi connectivity index (χ2n) is 8.27. The molecule has 0 aromatic heterocycles. The van der Waals surface area contributed by atoms with Crippen LogP contribution in [0.5, 0.6) is 11.5 Å². The molecule has 0 radical (unpaired) electrons. The van der Waals surface area contributed by atoms with Crippen molar-refractivity contribution in [1.29, 1.82) is 0 Å².